The number of aliphatic hydroxyl groups is 2. The van der Waals surface area contributed by atoms with Crippen molar-refractivity contribution >= 4 is 29.3 Å². The largest absolute Gasteiger partial charge is 0.491 e. The number of aryl methyl sites for hydroxylation is 1. The van der Waals surface area contributed by atoms with Crippen molar-refractivity contribution in [2.75, 3.05) is 41.4 Å². The number of nitrogens with one attached hydrogen (secondary N) is 2. The summed E-state index contributed by atoms with van der Waals surface area (Å²) in [6.45, 7) is 2.87. The molecule has 15 heteroatoms. The molecule has 0 aromatic carbocycles. The number of fused-ring (bicyclic) bond motifs is 4. The summed E-state index contributed by atoms with van der Waals surface area (Å²) < 4.78 is 44.2. The number of carbonyl (C=O) groups is 2. The van der Waals surface area contributed by atoms with Crippen LogP contribution in [0.15, 0.2) is 18.3 Å². The van der Waals surface area contributed by atoms with Crippen molar-refractivity contribution in [3.05, 3.63) is 29.8 Å². The fraction of sp³-hybridized carbons (Fsp3) is 0.500. The average molecular weight is 525 g/mol. The van der Waals surface area contributed by atoms with Crippen molar-refractivity contribution in [2.45, 2.75) is 44.6 Å². The number of carbonyl (C=O) groups excluding carboxylic acids is 2. The van der Waals surface area contributed by atoms with Gasteiger partial charge in [-0.05, 0) is 26.3 Å². The van der Waals surface area contributed by atoms with Crippen molar-refractivity contribution in [3.8, 4) is 5.75 Å². The van der Waals surface area contributed by atoms with Crippen molar-refractivity contribution in [1.82, 2.24) is 20.3 Å². The van der Waals surface area contributed by atoms with Crippen LogP contribution in [0.3, 0.4) is 0 Å². The zero-order valence-electron chi connectivity index (χ0n) is 20.0. The Bertz CT molecular complexity index is 1180. The van der Waals surface area contributed by atoms with Gasteiger partial charge in [-0.25, -0.2) is 19.7 Å². The van der Waals surface area contributed by atoms with Gasteiger partial charge in [0.2, 0.25) is 5.82 Å². The third-order valence-corrected chi connectivity index (χ3v) is 5.99. The van der Waals surface area contributed by atoms with Gasteiger partial charge in [0.05, 0.1) is 18.3 Å². The lowest BCUT2D eigenvalue weighted by molar-refractivity contribution is -0.149. The van der Waals surface area contributed by atoms with E-state index in [4.69, 9.17) is 9.84 Å². The number of amides is 3. The first-order chi connectivity index (χ1) is 17.5. The molecule has 4 N–H and O–H groups in total. The van der Waals surface area contributed by atoms with E-state index >= 15 is 0 Å². The lowest BCUT2D eigenvalue weighted by Crippen LogP contribution is -2.49. The SMILES string of the molecule is Cc1nc(C(=O)N[C@H](C)C(F)(F)F)nc2c1N1CC[C@@H](C1)N2C(=O)Nc1cc(OC[C@H](O)CO)ccn1. The van der Waals surface area contributed by atoms with E-state index in [0.29, 0.717) is 36.6 Å². The first kappa shape index (κ1) is 26.3. The summed E-state index contributed by atoms with van der Waals surface area (Å²) in [5.41, 5.74) is 0.872. The summed E-state index contributed by atoms with van der Waals surface area (Å²) in [7, 11) is 0. The molecule has 2 bridgehead atoms. The van der Waals surface area contributed by atoms with Crippen molar-refractivity contribution in [1.29, 1.82) is 0 Å². The smallest absolute Gasteiger partial charge is 0.408 e. The van der Waals surface area contributed by atoms with Gasteiger partial charge in [-0.1, -0.05) is 0 Å². The highest BCUT2D eigenvalue weighted by atomic mass is 19.4. The Morgan fingerprint density at radius 3 is 2.78 bits per heavy atom. The summed E-state index contributed by atoms with van der Waals surface area (Å²) in [5.74, 6) is -1.06. The number of urea groups is 1. The molecule has 4 heterocycles. The van der Waals surface area contributed by atoms with Crippen LogP contribution in [0.5, 0.6) is 5.75 Å². The summed E-state index contributed by atoms with van der Waals surface area (Å²) >= 11 is 0. The molecule has 0 radical (unpaired) electrons. The molecule has 0 unspecified atom stereocenters. The summed E-state index contributed by atoms with van der Waals surface area (Å²) in [6, 6.07) is -0.0878. The van der Waals surface area contributed by atoms with Crippen LogP contribution in [0.1, 0.15) is 29.7 Å². The van der Waals surface area contributed by atoms with E-state index in [9.17, 15) is 27.9 Å². The van der Waals surface area contributed by atoms with Gasteiger partial charge in [-0.2, -0.15) is 13.2 Å². The summed E-state index contributed by atoms with van der Waals surface area (Å²) in [4.78, 5) is 41.6. The number of ether oxygens (including phenoxy) is 1. The Morgan fingerprint density at radius 1 is 1.32 bits per heavy atom. The molecule has 0 saturated carbocycles. The maximum absolute atomic E-state index is 13.4. The van der Waals surface area contributed by atoms with Crippen LogP contribution >= 0.6 is 0 Å². The van der Waals surface area contributed by atoms with Gasteiger partial charge < -0.3 is 25.2 Å². The minimum Gasteiger partial charge on any atom is -0.491 e. The lowest BCUT2D eigenvalue weighted by Gasteiger charge is -2.36. The average Bonchev–Trinajstić information content (AvgIpc) is 3.24. The number of rotatable bonds is 7. The summed E-state index contributed by atoms with van der Waals surface area (Å²) in [5, 5.41) is 22.9. The molecule has 2 aromatic rings. The number of nitrogens with zero attached hydrogens (tertiary/aromatic N) is 5. The van der Waals surface area contributed by atoms with Crippen LogP contribution in [0, 0.1) is 6.92 Å². The Labute approximate surface area is 209 Å². The van der Waals surface area contributed by atoms with Crippen LogP contribution in [0.4, 0.5) is 35.3 Å². The number of alkyl halides is 3. The molecule has 2 aromatic heterocycles. The number of anilines is 3. The van der Waals surface area contributed by atoms with Crippen LogP contribution in [0.25, 0.3) is 0 Å². The van der Waals surface area contributed by atoms with Gasteiger partial charge in [0.15, 0.2) is 5.82 Å². The second kappa shape index (κ2) is 10.3. The highest BCUT2D eigenvalue weighted by Crippen LogP contribution is 2.40. The number of aromatic nitrogens is 3. The van der Waals surface area contributed by atoms with Crippen molar-refractivity contribution in [2.24, 2.45) is 0 Å². The standard InChI is InChI=1S/C22H26F3N7O5/c1-11-17-19(30-18(27-11)20(35)28-12(2)22(23,24)25)32(13-4-6-31(17)8-13)21(36)29-16-7-15(3-5-26-16)37-10-14(34)9-33/h3,5,7,12-14,33-34H,4,6,8-10H2,1-2H3,(H,28,35)(H,26,29,36)/t12-,13+,14-/m1/s1. The molecular formula is C22H26F3N7O5. The van der Waals surface area contributed by atoms with Gasteiger partial charge >= 0.3 is 12.2 Å². The minimum absolute atomic E-state index is 0.113. The summed E-state index contributed by atoms with van der Waals surface area (Å²) in [6.07, 6.45) is -3.73. The van der Waals surface area contributed by atoms with Gasteiger partial charge in [0, 0.05) is 25.4 Å². The second-order valence-corrected chi connectivity index (χ2v) is 8.75. The number of hydrogen-bond donors (Lipinski definition) is 4. The molecule has 200 valence electrons. The topological polar surface area (TPSA) is 153 Å². The molecule has 12 nitrogen and oxygen atoms in total. The van der Waals surface area contributed by atoms with Gasteiger partial charge in [-0.3, -0.25) is 15.0 Å². The predicted octanol–water partition coefficient (Wildman–Crippen LogP) is 1.22. The first-order valence-electron chi connectivity index (χ1n) is 11.5. The van der Waals surface area contributed by atoms with Crippen molar-refractivity contribution in [3.63, 3.8) is 0 Å². The highest BCUT2D eigenvalue weighted by Gasteiger charge is 2.43. The van der Waals surface area contributed by atoms with E-state index in [1.807, 2.05) is 10.2 Å². The van der Waals surface area contributed by atoms with Gasteiger partial charge in [-0.15, -0.1) is 0 Å². The van der Waals surface area contributed by atoms with E-state index in [1.54, 1.807) is 6.92 Å². The molecule has 0 spiro atoms. The fourth-order valence-electron chi connectivity index (χ4n) is 4.11. The fourth-order valence-corrected chi connectivity index (χ4v) is 4.11. The van der Waals surface area contributed by atoms with E-state index in [-0.39, 0.29) is 24.3 Å². The Balaban J connectivity index is 1.59. The van der Waals surface area contributed by atoms with E-state index in [0.717, 1.165) is 6.92 Å². The maximum atomic E-state index is 13.4. The van der Waals surface area contributed by atoms with Crippen LogP contribution in [-0.2, 0) is 0 Å². The van der Waals surface area contributed by atoms with Crippen LogP contribution < -0.4 is 25.2 Å². The number of pyridine rings is 1. The molecule has 2 aliphatic rings. The minimum atomic E-state index is -4.64. The Hall–Kier alpha value is -3.72. The highest BCUT2D eigenvalue weighted by molar-refractivity contribution is 6.05. The number of halogens is 3. The Morgan fingerprint density at radius 2 is 2.08 bits per heavy atom. The van der Waals surface area contributed by atoms with Gasteiger partial charge in [0.1, 0.15) is 36.0 Å². The van der Waals surface area contributed by atoms with E-state index in [2.05, 4.69) is 20.3 Å². The molecular weight excluding hydrogens is 499 g/mol. The van der Waals surface area contributed by atoms with Crippen molar-refractivity contribution < 1.29 is 37.7 Å². The van der Waals surface area contributed by atoms with E-state index < -0.39 is 42.7 Å². The zero-order valence-corrected chi connectivity index (χ0v) is 20.0. The first-order valence-corrected chi connectivity index (χ1v) is 11.5. The number of hydrogen-bond acceptors (Lipinski definition) is 9. The molecule has 2 aliphatic heterocycles. The zero-order chi connectivity index (χ0) is 26.9. The molecule has 1 saturated heterocycles. The van der Waals surface area contributed by atoms with Crippen LogP contribution in [-0.4, -0.2) is 87.8 Å². The molecule has 1 fully saturated rings. The van der Waals surface area contributed by atoms with Gasteiger partial charge in [0.25, 0.3) is 5.91 Å². The molecule has 3 amide bonds. The predicted molar refractivity (Wildman–Crippen MR) is 125 cm³/mol. The van der Waals surface area contributed by atoms with Crippen LogP contribution in [0.2, 0.25) is 0 Å². The quantitative estimate of drug-likeness (QED) is 0.418. The van der Waals surface area contributed by atoms with E-state index in [1.165, 1.54) is 23.2 Å². The lowest BCUT2D eigenvalue weighted by atomic mass is 10.1. The monoisotopic (exact) mass is 525 g/mol. The number of aliphatic hydroxyl groups excluding tert-OH is 2. The second-order valence-electron chi connectivity index (χ2n) is 8.75. The third kappa shape index (κ3) is 5.67. The molecule has 4 rings (SSSR count). The molecule has 37 heavy (non-hydrogen) atoms. The molecule has 0 aliphatic carbocycles. The Kier molecular flexibility index (Phi) is 7.36. The maximum Gasteiger partial charge on any atom is 0.408 e. The molecule has 3 atom stereocenters. The normalized spacial score (nSPS) is 18.2. The third-order valence-electron chi connectivity index (χ3n) is 5.99.